The van der Waals surface area contributed by atoms with E-state index in [0.29, 0.717) is 18.5 Å². The summed E-state index contributed by atoms with van der Waals surface area (Å²) in [6.07, 6.45) is -0.0884. The molecule has 3 aromatic rings. The Labute approximate surface area is 192 Å². The molecule has 7 nitrogen and oxygen atoms in total. The number of nitrogens with one attached hydrogen (secondary N) is 1. The molecule has 0 aliphatic carbocycles. The molecule has 4 rings (SSSR count). The summed E-state index contributed by atoms with van der Waals surface area (Å²) < 4.78 is 64.7. The van der Waals surface area contributed by atoms with Crippen LogP contribution in [0.4, 0.5) is 17.6 Å². The Kier molecular flexibility index (Phi) is 6.53. The average Bonchev–Trinajstić information content (AvgIpc) is 3.47. The highest BCUT2D eigenvalue weighted by Crippen LogP contribution is 2.39. The Balaban J connectivity index is 1.51. The first kappa shape index (κ1) is 23.3. The van der Waals surface area contributed by atoms with Gasteiger partial charge in [0, 0.05) is 12.1 Å². The standard InChI is InChI=1S/C23H21F4N5O2/c24-16-8-5-14(6-9-16)3-2-12-33-19-10-7-15(13-17(19)23(25,26)27)20-30-21(34-31-20)18-4-1-11-32(18)22(28)29/h2-3,5-10,13,18H,1,4,11-12H2,(H3,28,29)/b3-2+/t18-/m0/s1. The van der Waals surface area contributed by atoms with Gasteiger partial charge in [-0.2, -0.15) is 18.2 Å². The van der Waals surface area contributed by atoms with Gasteiger partial charge < -0.3 is 19.9 Å². The van der Waals surface area contributed by atoms with E-state index in [1.165, 1.54) is 30.3 Å². The molecule has 0 saturated carbocycles. The third-order valence-corrected chi connectivity index (χ3v) is 5.35. The molecule has 2 heterocycles. The zero-order chi connectivity index (χ0) is 24.3. The van der Waals surface area contributed by atoms with E-state index in [9.17, 15) is 17.6 Å². The third kappa shape index (κ3) is 5.19. The molecule has 0 spiro atoms. The monoisotopic (exact) mass is 475 g/mol. The lowest BCUT2D eigenvalue weighted by molar-refractivity contribution is -0.138. The van der Waals surface area contributed by atoms with Gasteiger partial charge in [0.05, 0.1) is 5.56 Å². The quantitative estimate of drug-likeness (QED) is 0.295. The van der Waals surface area contributed by atoms with Crippen LogP contribution in [-0.2, 0) is 6.18 Å². The molecule has 0 radical (unpaired) electrons. The highest BCUT2D eigenvalue weighted by molar-refractivity contribution is 5.75. The number of aromatic nitrogens is 2. The van der Waals surface area contributed by atoms with Gasteiger partial charge in [-0.05, 0) is 54.8 Å². The van der Waals surface area contributed by atoms with E-state index in [-0.39, 0.29) is 47.5 Å². The fraction of sp³-hybridized carbons (Fsp3) is 0.261. The molecule has 0 amide bonds. The van der Waals surface area contributed by atoms with Crippen LogP contribution in [0.3, 0.4) is 0 Å². The van der Waals surface area contributed by atoms with Crippen LogP contribution in [0.25, 0.3) is 17.5 Å². The summed E-state index contributed by atoms with van der Waals surface area (Å²) in [7, 11) is 0. The number of guanidine groups is 1. The summed E-state index contributed by atoms with van der Waals surface area (Å²) in [6.45, 7) is 0.451. The van der Waals surface area contributed by atoms with Crippen LogP contribution in [0, 0.1) is 11.2 Å². The molecule has 1 aliphatic rings. The summed E-state index contributed by atoms with van der Waals surface area (Å²) in [5.74, 6) is -0.656. The molecular weight excluding hydrogens is 454 g/mol. The number of hydrogen-bond acceptors (Lipinski definition) is 5. The first-order chi connectivity index (χ1) is 16.2. The van der Waals surface area contributed by atoms with Crippen molar-refractivity contribution in [3.8, 4) is 17.1 Å². The molecule has 3 N–H and O–H groups in total. The predicted molar refractivity (Wildman–Crippen MR) is 116 cm³/mol. The molecule has 0 bridgehead atoms. The highest BCUT2D eigenvalue weighted by Gasteiger charge is 2.36. The summed E-state index contributed by atoms with van der Waals surface area (Å²) in [5.41, 5.74) is 5.41. The second-order valence-corrected chi connectivity index (χ2v) is 7.67. The van der Waals surface area contributed by atoms with Gasteiger partial charge in [0.25, 0.3) is 0 Å². The van der Waals surface area contributed by atoms with Gasteiger partial charge in [-0.15, -0.1) is 0 Å². The Morgan fingerprint density at radius 3 is 2.71 bits per heavy atom. The molecule has 1 aliphatic heterocycles. The Hall–Kier alpha value is -3.89. The second kappa shape index (κ2) is 9.54. The van der Waals surface area contributed by atoms with E-state index in [1.807, 2.05) is 0 Å². The fourth-order valence-corrected chi connectivity index (χ4v) is 3.71. The Bertz CT molecular complexity index is 1190. The third-order valence-electron chi connectivity index (χ3n) is 5.35. The van der Waals surface area contributed by atoms with Crippen LogP contribution in [0.5, 0.6) is 5.75 Å². The van der Waals surface area contributed by atoms with Crippen molar-refractivity contribution >= 4 is 12.0 Å². The molecule has 2 aromatic carbocycles. The van der Waals surface area contributed by atoms with E-state index in [4.69, 9.17) is 20.4 Å². The normalized spacial score (nSPS) is 16.4. The Morgan fingerprint density at radius 2 is 2.00 bits per heavy atom. The van der Waals surface area contributed by atoms with Crippen LogP contribution in [0.1, 0.15) is 35.9 Å². The van der Waals surface area contributed by atoms with E-state index in [1.54, 1.807) is 23.1 Å². The van der Waals surface area contributed by atoms with Crippen LogP contribution < -0.4 is 10.5 Å². The van der Waals surface area contributed by atoms with E-state index < -0.39 is 11.7 Å². The number of nitrogens with zero attached hydrogens (tertiary/aromatic N) is 3. The van der Waals surface area contributed by atoms with Crippen LogP contribution in [0.2, 0.25) is 0 Å². The maximum atomic E-state index is 13.7. The molecule has 1 aromatic heterocycles. The maximum absolute atomic E-state index is 13.7. The van der Waals surface area contributed by atoms with E-state index >= 15 is 0 Å². The van der Waals surface area contributed by atoms with Crippen molar-refractivity contribution in [1.29, 1.82) is 5.41 Å². The van der Waals surface area contributed by atoms with Gasteiger partial charge in [0.15, 0.2) is 5.96 Å². The molecule has 178 valence electrons. The summed E-state index contributed by atoms with van der Waals surface area (Å²) in [5, 5.41) is 11.5. The zero-order valence-corrected chi connectivity index (χ0v) is 17.8. The largest absolute Gasteiger partial charge is 0.489 e. The van der Waals surface area contributed by atoms with Gasteiger partial charge in [0.1, 0.15) is 24.2 Å². The highest BCUT2D eigenvalue weighted by atomic mass is 19.4. The lowest BCUT2D eigenvalue weighted by atomic mass is 10.1. The molecule has 34 heavy (non-hydrogen) atoms. The van der Waals surface area contributed by atoms with Crippen molar-refractivity contribution < 1.29 is 26.8 Å². The van der Waals surface area contributed by atoms with E-state index in [2.05, 4.69) is 10.1 Å². The van der Waals surface area contributed by atoms with Crippen molar-refractivity contribution in [3.63, 3.8) is 0 Å². The van der Waals surface area contributed by atoms with Crippen molar-refractivity contribution in [2.45, 2.75) is 25.1 Å². The van der Waals surface area contributed by atoms with Crippen molar-refractivity contribution in [1.82, 2.24) is 15.0 Å². The van der Waals surface area contributed by atoms with Crippen molar-refractivity contribution in [2.24, 2.45) is 5.73 Å². The molecule has 1 atom stereocenters. The number of alkyl halides is 3. The molecule has 11 heteroatoms. The first-order valence-electron chi connectivity index (χ1n) is 10.4. The predicted octanol–water partition coefficient (Wildman–Crippen LogP) is 5.02. The lowest BCUT2D eigenvalue weighted by Gasteiger charge is -2.21. The molecule has 1 saturated heterocycles. The van der Waals surface area contributed by atoms with Gasteiger partial charge in [-0.1, -0.05) is 23.4 Å². The van der Waals surface area contributed by atoms with Crippen LogP contribution >= 0.6 is 0 Å². The summed E-state index contributed by atoms with van der Waals surface area (Å²) in [4.78, 5) is 5.85. The number of hydrogen-bond donors (Lipinski definition) is 2. The number of rotatable bonds is 6. The van der Waals surface area contributed by atoms with Crippen molar-refractivity contribution in [3.05, 3.63) is 71.4 Å². The number of ether oxygens (including phenoxy) is 1. The fourth-order valence-electron chi connectivity index (χ4n) is 3.71. The summed E-state index contributed by atoms with van der Waals surface area (Å²) in [6, 6.07) is 8.81. The second-order valence-electron chi connectivity index (χ2n) is 7.67. The summed E-state index contributed by atoms with van der Waals surface area (Å²) >= 11 is 0. The molecular formula is C23H21F4N5O2. The van der Waals surface area contributed by atoms with Gasteiger partial charge >= 0.3 is 6.18 Å². The molecule has 1 fully saturated rings. The number of likely N-dealkylation sites (tertiary alicyclic amines) is 1. The smallest absolute Gasteiger partial charge is 0.419 e. The maximum Gasteiger partial charge on any atom is 0.419 e. The minimum Gasteiger partial charge on any atom is -0.489 e. The van der Waals surface area contributed by atoms with Crippen molar-refractivity contribution in [2.75, 3.05) is 13.2 Å². The minimum absolute atomic E-state index is 0.00124. The lowest BCUT2D eigenvalue weighted by Crippen LogP contribution is -2.35. The van der Waals surface area contributed by atoms with Gasteiger partial charge in [0.2, 0.25) is 11.7 Å². The van der Waals surface area contributed by atoms with Crippen LogP contribution in [0.15, 0.2) is 53.1 Å². The molecule has 0 unspecified atom stereocenters. The first-order valence-corrected chi connectivity index (χ1v) is 10.4. The van der Waals surface area contributed by atoms with Gasteiger partial charge in [-0.25, -0.2) is 4.39 Å². The van der Waals surface area contributed by atoms with Crippen LogP contribution in [-0.4, -0.2) is 34.2 Å². The van der Waals surface area contributed by atoms with Gasteiger partial charge in [-0.3, -0.25) is 5.41 Å². The number of halogens is 4. The van der Waals surface area contributed by atoms with E-state index in [0.717, 1.165) is 12.5 Å². The topological polar surface area (TPSA) is 101 Å². The average molecular weight is 475 g/mol. The SMILES string of the molecule is N=C(N)N1CCC[C@H]1c1nc(-c2ccc(OC/C=C/c3ccc(F)cc3)c(C(F)(F)F)c2)no1. The zero-order valence-electron chi connectivity index (χ0n) is 17.8. The minimum atomic E-state index is -4.67. The Morgan fingerprint density at radius 1 is 1.24 bits per heavy atom. The number of nitrogens with two attached hydrogens (primary N) is 1. The number of benzene rings is 2.